The molecule has 14 nitrogen and oxygen atoms in total. The summed E-state index contributed by atoms with van der Waals surface area (Å²) in [6.07, 6.45) is -9.71. The molecule has 3 fully saturated rings. The molecule has 0 amide bonds. The molecule has 0 aliphatic carbocycles. The number of ketones is 1. The number of cyclic esters (lactones) is 1. The summed E-state index contributed by atoms with van der Waals surface area (Å²) in [6.45, 7) is 16.3. The third-order valence-corrected chi connectivity index (χ3v) is 11.8. The molecule has 0 radical (unpaired) electrons. The van der Waals surface area contributed by atoms with Crippen LogP contribution in [0.15, 0.2) is 0 Å². The second-order valence-corrected chi connectivity index (χ2v) is 16.5. The third-order valence-electron chi connectivity index (χ3n) is 11.8. The zero-order valence-electron chi connectivity index (χ0n) is 32.9. The van der Waals surface area contributed by atoms with Gasteiger partial charge in [0.15, 0.2) is 12.6 Å². The predicted octanol–water partition coefficient (Wildman–Crippen LogP) is 1.79. The monoisotopic (exact) mass is 733 g/mol. The Labute approximate surface area is 304 Å². The van der Waals surface area contributed by atoms with E-state index in [2.05, 4.69) is 0 Å². The Kier molecular flexibility index (Phi) is 14.7. The third kappa shape index (κ3) is 9.51. The minimum absolute atomic E-state index is 0.0936. The standard InChI is InChI=1S/C37H67NO13/c1-14-25-37(10,45)30(41)20(4)27(39)18(2)16-35(8,44)32(51-34-28(40)24(38(11)12)15-19(3)47-34)21(5)29(22(6)33(43)49-25)50-26-17-36(9,46-13)31(42)23(7)48-26/h18-26,28-32,34,40-42,44-45H,14-17H2,1-13H3/t18-,19?,20+,21+,22-,23?,24-,25-,26+,28?,29+,30-,31+,32-,34+,35-,36+,37-/m1/s1. The second kappa shape index (κ2) is 17.0. The molecule has 3 saturated heterocycles. The fraction of sp³-hybridized carbons (Fsp3) is 0.946. The maximum absolute atomic E-state index is 14.1. The Morgan fingerprint density at radius 3 is 2.04 bits per heavy atom. The van der Waals surface area contributed by atoms with Crippen LogP contribution in [-0.4, -0.2) is 148 Å². The molecular weight excluding hydrogens is 666 g/mol. The summed E-state index contributed by atoms with van der Waals surface area (Å²) in [5.41, 5.74) is -4.84. The molecule has 0 spiro atoms. The summed E-state index contributed by atoms with van der Waals surface area (Å²) in [5.74, 6) is -4.98. The number of esters is 1. The Morgan fingerprint density at radius 2 is 1.49 bits per heavy atom. The smallest absolute Gasteiger partial charge is 0.311 e. The molecule has 14 heteroatoms. The van der Waals surface area contributed by atoms with E-state index in [-0.39, 0.29) is 31.4 Å². The maximum Gasteiger partial charge on any atom is 0.311 e. The SMILES string of the molecule is CC[C@H]1OC(=O)[C@H](C)[C@@H](O[C@H]2C[C@](C)(OC)[C@@H](O)C(C)O2)[C@H](C)[C@@H](O[C@@H]2OC(C)C[C@@H](N(C)C)C2O)[C@](C)(O)C[C@@H](C)C(=O)[C@H](C)[C@@H](O)[C@]1(C)O. The molecule has 298 valence electrons. The minimum atomic E-state index is -1.99. The average Bonchev–Trinajstić information content (AvgIpc) is 3.05. The summed E-state index contributed by atoms with van der Waals surface area (Å²) in [4.78, 5) is 29.8. The van der Waals surface area contributed by atoms with Crippen molar-refractivity contribution in [3.63, 3.8) is 0 Å². The van der Waals surface area contributed by atoms with Crippen LogP contribution in [0.1, 0.15) is 94.9 Å². The molecule has 3 rings (SSSR count). The molecule has 3 heterocycles. The quantitative estimate of drug-likeness (QED) is 0.238. The van der Waals surface area contributed by atoms with Crippen LogP contribution in [0.3, 0.4) is 0 Å². The van der Waals surface area contributed by atoms with Gasteiger partial charge in [-0.15, -0.1) is 0 Å². The lowest BCUT2D eigenvalue weighted by atomic mass is 9.74. The highest BCUT2D eigenvalue weighted by Gasteiger charge is 2.53. The van der Waals surface area contributed by atoms with Crippen LogP contribution < -0.4 is 0 Å². The highest BCUT2D eigenvalue weighted by atomic mass is 16.7. The van der Waals surface area contributed by atoms with Crippen LogP contribution in [0.2, 0.25) is 0 Å². The first-order valence-corrected chi connectivity index (χ1v) is 18.5. The van der Waals surface area contributed by atoms with Crippen molar-refractivity contribution in [3.8, 4) is 0 Å². The molecule has 0 aromatic heterocycles. The summed E-state index contributed by atoms with van der Waals surface area (Å²) in [6, 6.07) is -0.324. The molecule has 0 saturated carbocycles. The first-order valence-electron chi connectivity index (χ1n) is 18.5. The van der Waals surface area contributed by atoms with E-state index in [1.165, 1.54) is 27.9 Å². The molecule has 51 heavy (non-hydrogen) atoms. The van der Waals surface area contributed by atoms with Crippen molar-refractivity contribution >= 4 is 11.8 Å². The minimum Gasteiger partial charge on any atom is -0.459 e. The van der Waals surface area contributed by atoms with Crippen molar-refractivity contribution in [1.29, 1.82) is 0 Å². The van der Waals surface area contributed by atoms with E-state index in [0.29, 0.717) is 6.42 Å². The lowest BCUT2D eigenvalue weighted by Gasteiger charge is -2.49. The number of methoxy groups -OCH3 is 1. The van der Waals surface area contributed by atoms with Crippen molar-refractivity contribution in [2.75, 3.05) is 21.2 Å². The number of aliphatic hydroxyl groups excluding tert-OH is 3. The number of likely N-dealkylation sites (N-methyl/N-ethyl adjacent to an activating group) is 1. The highest BCUT2D eigenvalue weighted by molar-refractivity contribution is 5.83. The predicted molar refractivity (Wildman–Crippen MR) is 186 cm³/mol. The number of hydrogen-bond donors (Lipinski definition) is 5. The van der Waals surface area contributed by atoms with Gasteiger partial charge in [-0.25, -0.2) is 0 Å². The molecule has 0 aromatic rings. The van der Waals surface area contributed by atoms with Gasteiger partial charge < -0.3 is 58.9 Å². The molecule has 3 aliphatic rings. The van der Waals surface area contributed by atoms with Gasteiger partial charge in [0.2, 0.25) is 0 Å². The van der Waals surface area contributed by atoms with E-state index >= 15 is 0 Å². The summed E-state index contributed by atoms with van der Waals surface area (Å²) in [7, 11) is 5.18. The van der Waals surface area contributed by atoms with Gasteiger partial charge >= 0.3 is 5.97 Å². The van der Waals surface area contributed by atoms with E-state index in [9.17, 15) is 35.1 Å². The van der Waals surface area contributed by atoms with E-state index in [4.69, 9.17) is 28.4 Å². The van der Waals surface area contributed by atoms with Crippen LogP contribution in [-0.2, 0) is 38.0 Å². The number of ether oxygens (including phenoxy) is 6. The lowest BCUT2D eigenvalue weighted by molar-refractivity contribution is -0.318. The Bertz CT molecular complexity index is 1170. The van der Waals surface area contributed by atoms with Gasteiger partial charge in [-0.3, -0.25) is 9.59 Å². The molecular formula is C37H67NO13. The number of Topliss-reactive ketones (excluding diaryl/α,β-unsaturated/α-hetero) is 1. The van der Waals surface area contributed by atoms with Crippen molar-refractivity contribution < 1.29 is 63.5 Å². The van der Waals surface area contributed by atoms with Gasteiger partial charge in [0.25, 0.3) is 0 Å². The van der Waals surface area contributed by atoms with Gasteiger partial charge in [-0.05, 0) is 74.9 Å². The number of nitrogens with zero attached hydrogens (tertiary/aromatic N) is 1. The fourth-order valence-corrected chi connectivity index (χ4v) is 8.41. The van der Waals surface area contributed by atoms with Gasteiger partial charge in [0.1, 0.15) is 29.7 Å². The van der Waals surface area contributed by atoms with Crippen LogP contribution in [0.25, 0.3) is 0 Å². The Morgan fingerprint density at radius 1 is 0.882 bits per heavy atom. The zero-order valence-corrected chi connectivity index (χ0v) is 32.9. The summed E-state index contributed by atoms with van der Waals surface area (Å²) in [5, 5.41) is 57.6. The number of rotatable bonds is 7. The molecule has 18 atom stereocenters. The summed E-state index contributed by atoms with van der Waals surface area (Å²) >= 11 is 0. The largest absolute Gasteiger partial charge is 0.459 e. The first kappa shape index (κ1) is 44.1. The fourth-order valence-electron chi connectivity index (χ4n) is 8.41. The van der Waals surface area contributed by atoms with Gasteiger partial charge in [0.05, 0.1) is 47.6 Å². The Balaban J connectivity index is 2.18. The number of carbonyl (C=O) groups is 2. The van der Waals surface area contributed by atoms with Gasteiger partial charge in [0, 0.05) is 37.3 Å². The van der Waals surface area contributed by atoms with Gasteiger partial charge in [-0.2, -0.15) is 0 Å². The number of aliphatic hydroxyl groups is 5. The number of hydrogen-bond acceptors (Lipinski definition) is 14. The van der Waals surface area contributed by atoms with Crippen molar-refractivity contribution in [3.05, 3.63) is 0 Å². The summed E-state index contributed by atoms with van der Waals surface area (Å²) < 4.78 is 37.1. The van der Waals surface area contributed by atoms with Crippen molar-refractivity contribution in [2.24, 2.45) is 23.7 Å². The van der Waals surface area contributed by atoms with Crippen LogP contribution >= 0.6 is 0 Å². The van der Waals surface area contributed by atoms with E-state index < -0.39 is 108 Å². The molecule has 3 aliphatic heterocycles. The average molecular weight is 734 g/mol. The molecule has 0 aromatic carbocycles. The first-order chi connectivity index (χ1) is 23.4. The lowest BCUT2D eigenvalue weighted by Crippen LogP contribution is -2.61. The topological polar surface area (TPSA) is 194 Å². The normalized spacial score (nSPS) is 49.7. The van der Waals surface area contributed by atoms with Crippen LogP contribution in [0.4, 0.5) is 0 Å². The van der Waals surface area contributed by atoms with E-state index in [1.54, 1.807) is 41.5 Å². The zero-order chi connectivity index (χ0) is 39.0. The second-order valence-electron chi connectivity index (χ2n) is 16.5. The van der Waals surface area contributed by atoms with Crippen molar-refractivity contribution in [2.45, 2.75) is 179 Å². The van der Waals surface area contributed by atoms with Crippen LogP contribution in [0.5, 0.6) is 0 Å². The van der Waals surface area contributed by atoms with Gasteiger partial charge in [-0.1, -0.05) is 27.7 Å². The maximum atomic E-state index is 14.1. The number of carbonyl (C=O) groups excluding carboxylic acids is 2. The molecule has 3 unspecified atom stereocenters. The molecule has 5 N–H and O–H groups in total. The highest BCUT2D eigenvalue weighted by Crippen LogP contribution is 2.40. The van der Waals surface area contributed by atoms with E-state index in [0.717, 1.165) is 0 Å². The van der Waals surface area contributed by atoms with E-state index in [1.807, 2.05) is 25.9 Å². The Hall–Kier alpha value is -1.30. The van der Waals surface area contributed by atoms with Crippen molar-refractivity contribution in [1.82, 2.24) is 4.90 Å². The molecule has 0 bridgehead atoms. The van der Waals surface area contributed by atoms with Crippen LogP contribution in [0, 0.1) is 23.7 Å².